The number of benzene rings is 2. The van der Waals surface area contributed by atoms with E-state index >= 15 is 0 Å². The van der Waals surface area contributed by atoms with Gasteiger partial charge in [-0.1, -0.05) is 24.3 Å². The van der Waals surface area contributed by atoms with Crippen molar-refractivity contribution >= 4 is 11.4 Å². The molecule has 6 heteroatoms. The van der Waals surface area contributed by atoms with E-state index in [4.69, 9.17) is 18.9 Å². The van der Waals surface area contributed by atoms with Crippen LogP contribution in [-0.4, -0.2) is 4.57 Å². The van der Waals surface area contributed by atoms with Gasteiger partial charge in [0.2, 0.25) is 11.4 Å². The second kappa shape index (κ2) is 7.64. The van der Waals surface area contributed by atoms with Crippen LogP contribution in [0.25, 0.3) is 20.8 Å². The molecule has 0 saturated carbocycles. The smallest absolute Gasteiger partial charge is 0.222 e. The molecule has 0 fully saturated rings. The van der Waals surface area contributed by atoms with Gasteiger partial charge in [0.1, 0.15) is 11.6 Å². The van der Waals surface area contributed by atoms with Crippen molar-refractivity contribution in [2.75, 3.05) is 0 Å². The van der Waals surface area contributed by atoms with Gasteiger partial charge in [-0.3, -0.25) is 0 Å². The van der Waals surface area contributed by atoms with E-state index in [0.29, 0.717) is 28.9 Å². The molecule has 0 amide bonds. The van der Waals surface area contributed by atoms with Gasteiger partial charge in [0.15, 0.2) is 0 Å². The lowest BCUT2D eigenvalue weighted by Crippen LogP contribution is -2.06. The highest BCUT2D eigenvalue weighted by Gasteiger charge is 2.20. The van der Waals surface area contributed by atoms with Gasteiger partial charge >= 0.3 is 0 Å². The minimum absolute atomic E-state index is 0.0580. The maximum absolute atomic E-state index is 14.1. The average molecular weight is 376 g/mol. The third-order valence-corrected chi connectivity index (χ3v) is 4.90. The lowest BCUT2D eigenvalue weighted by atomic mass is 10.0. The number of halogens is 2. The van der Waals surface area contributed by atoms with Gasteiger partial charge in [-0.15, -0.1) is 0 Å². The maximum Gasteiger partial charge on any atom is 0.222 e. The summed E-state index contributed by atoms with van der Waals surface area (Å²) in [6.45, 7) is 18.7. The summed E-state index contributed by atoms with van der Waals surface area (Å²) in [5.74, 6) is -0.974. The molecule has 28 heavy (non-hydrogen) atoms. The van der Waals surface area contributed by atoms with Crippen molar-refractivity contribution in [1.29, 1.82) is 0 Å². The summed E-state index contributed by atoms with van der Waals surface area (Å²) >= 11 is 0. The highest BCUT2D eigenvalue weighted by Crippen LogP contribution is 2.40. The molecular weight excluding hydrogens is 358 g/mol. The van der Waals surface area contributed by atoms with Crippen molar-refractivity contribution in [1.82, 2.24) is 4.57 Å². The van der Waals surface area contributed by atoms with E-state index in [1.807, 2.05) is 24.5 Å². The Morgan fingerprint density at radius 2 is 1.71 bits per heavy atom. The highest BCUT2D eigenvalue weighted by molar-refractivity contribution is 5.84. The topological polar surface area (TPSA) is 39.7 Å². The molecule has 140 valence electrons. The SMILES string of the molecule is [C-]#[N+]c1ccc(-c2c([N+]#[C-])c(C)n(Cc3ccc(CN)c(F)c3)c2C)cc1F. The average Bonchev–Trinajstić information content (AvgIpc) is 2.92. The van der Waals surface area contributed by atoms with Gasteiger partial charge in [-0.05, 0) is 37.1 Å². The maximum atomic E-state index is 14.1. The first-order valence-corrected chi connectivity index (χ1v) is 8.63. The fourth-order valence-electron chi connectivity index (χ4n) is 3.38. The highest BCUT2D eigenvalue weighted by atomic mass is 19.1. The molecule has 3 rings (SSSR count). The monoisotopic (exact) mass is 376 g/mol. The van der Waals surface area contributed by atoms with Crippen LogP contribution < -0.4 is 5.73 Å². The van der Waals surface area contributed by atoms with Crippen molar-refractivity contribution in [3.8, 4) is 11.1 Å². The molecule has 0 bridgehead atoms. The zero-order chi connectivity index (χ0) is 20.4. The Morgan fingerprint density at radius 3 is 2.29 bits per heavy atom. The van der Waals surface area contributed by atoms with Crippen LogP contribution in [0.1, 0.15) is 22.5 Å². The third kappa shape index (κ3) is 3.26. The van der Waals surface area contributed by atoms with Crippen LogP contribution in [0.2, 0.25) is 0 Å². The molecule has 3 aromatic rings. The standard InChI is InChI=1S/C22H18F2N4/c1-13-21(16-7-8-20(26-3)19(24)10-16)22(27-4)14(2)28(13)12-15-5-6-17(11-25)18(23)9-15/h5-10H,11-12,25H2,1-2H3. The Kier molecular flexibility index (Phi) is 5.26. The van der Waals surface area contributed by atoms with Crippen LogP contribution in [0.3, 0.4) is 0 Å². The molecule has 0 aliphatic carbocycles. The van der Waals surface area contributed by atoms with E-state index < -0.39 is 5.82 Å². The van der Waals surface area contributed by atoms with Crippen molar-refractivity contribution in [3.05, 3.63) is 93.4 Å². The van der Waals surface area contributed by atoms with Gasteiger partial charge in [0, 0.05) is 35.6 Å². The predicted octanol–water partition coefficient (Wildman–Crippen LogP) is 5.66. The molecule has 0 unspecified atom stereocenters. The Bertz CT molecular complexity index is 1150. The summed E-state index contributed by atoms with van der Waals surface area (Å²) in [7, 11) is 0. The van der Waals surface area contributed by atoms with Crippen LogP contribution >= 0.6 is 0 Å². The van der Waals surface area contributed by atoms with Crippen LogP contribution in [-0.2, 0) is 13.1 Å². The second-order valence-corrected chi connectivity index (χ2v) is 6.50. The number of nitrogens with zero attached hydrogens (tertiary/aromatic N) is 3. The molecule has 0 saturated heterocycles. The van der Waals surface area contributed by atoms with E-state index in [0.717, 1.165) is 17.0 Å². The van der Waals surface area contributed by atoms with Crippen LogP contribution in [0.5, 0.6) is 0 Å². The molecule has 0 atom stereocenters. The normalized spacial score (nSPS) is 10.5. The number of rotatable bonds is 4. The summed E-state index contributed by atoms with van der Waals surface area (Å²) in [4.78, 5) is 6.78. The Balaban J connectivity index is 2.10. The van der Waals surface area contributed by atoms with E-state index in [9.17, 15) is 8.78 Å². The molecule has 1 aromatic heterocycles. The molecular formula is C22H18F2N4. The summed E-state index contributed by atoms with van der Waals surface area (Å²) in [5, 5.41) is 0. The summed E-state index contributed by atoms with van der Waals surface area (Å²) < 4.78 is 30.1. The molecule has 0 spiro atoms. The van der Waals surface area contributed by atoms with E-state index in [2.05, 4.69) is 9.69 Å². The van der Waals surface area contributed by atoms with E-state index in [1.165, 1.54) is 18.2 Å². The summed E-state index contributed by atoms with van der Waals surface area (Å²) in [6.07, 6.45) is 0. The molecule has 2 N–H and O–H groups in total. The lowest BCUT2D eigenvalue weighted by molar-refractivity contribution is 0.606. The Hall–Kier alpha value is -3.48. The largest absolute Gasteiger partial charge is 0.355 e. The summed E-state index contributed by atoms with van der Waals surface area (Å²) in [5.41, 5.74) is 9.74. The predicted molar refractivity (Wildman–Crippen MR) is 105 cm³/mol. The van der Waals surface area contributed by atoms with E-state index in [1.54, 1.807) is 12.1 Å². The zero-order valence-electron chi connectivity index (χ0n) is 15.6. The first-order chi connectivity index (χ1) is 13.4. The van der Waals surface area contributed by atoms with Gasteiger partial charge in [0.25, 0.3) is 0 Å². The quantitative estimate of drug-likeness (QED) is 0.587. The number of hydrogen-bond acceptors (Lipinski definition) is 1. The fraction of sp³-hybridized carbons (Fsp3) is 0.182. The van der Waals surface area contributed by atoms with Crippen molar-refractivity contribution in [2.24, 2.45) is 5.73 Å². The second-order valence-electron chi connectivity index (χ2n) is 6.50. The molecule has 1 heterocycles. The molecule has 2 aromatic carbocycles. The van der Waals surface area contributed by atoms with E-state index in [-0.39, 0.29) is 18.0 Å². The van der Waals surface area contributed by atoms with Crippen molar-refractivity contribution < 1.29 is 8.78 Å². The minimum atomic E-state index is -0.618. The number of hydrogen-bond donors (Lipinski definition) is 1. The first-order valence-electron chi connectivity index (χ1n) is 8.63. The molecule has 0 aliphatic rings. The number of aromatic nitrogens is 1. The zero-order valence-corrected chi connectivity index (χ0v) is 15.6. The lowest BCUT2D eigenvalue weighted by Gasteiger charge is -2.12. The van der Waals surface area contributed by atoms with Crippen LogP contribution in [0, 0.1) is 38.6 Å². The fourth-order valence-corrected chi connectivity index (χ4v) is 3.38. The van der Waals surface area contributed by atoms with Gasteiger partial charge in [0.05, 0.1) is 13.1 Å². The Morgan fingerprint density at radius 1 is 0.964 bits per heavy atom. The van der Waals surface area contributed by atoms with Gasteiger partial charge < -0.3 is 10.3 Å². The van der Waals surface area contributed by atoms with Crippen molar-refractivity contribution in [2.45, 2.75) is 26.9 Å². The number of nitrogens with two attached hydrogens (primary N) is 1. The Labute approximate surface area is 162 Å². The van der Waals surface area contributed by atoms with Gasteiger partial charge in [-0.25, -0.2) is 18.5 Å². The van der Waals surface area contributed by atoms with Crippen LogP contribution in [0.4, 0.5) is 20.2 Å². The van der Waals surface area contributed by atoms with Gasteiger partial charge in [-0.2, -0.15) is 0 Å². The van der Waals surface area contributed by atoms with Crippen LogP contribution in [0.15, 0.2) is 36.4 Å². The first kappa shape index (κ1) is 19.3. The molecule has 4 nitrogen and oxygen atoms in total. The summed E-state index contributed by atoms with van der Waals surface area (Å²) in [6, 6.07) is 9.26. The third-order valence-electron chi connectivity index (χ3n) is 4.90. The molecule has 0 radical (unpaired) electrons. The molecule has 0 aliphatic heterocycles. The minimum Gasteiger partial charge on any atom is -0.355 e. The van der Waals surface area contributed by atoms with Crippen molar-refractivity contribution in [3.63, 3.8) is 0 Å².